The molecule has 1 saturated heterocycles. The van der Waals surface area contributed by atoms with Crippen LogP contribution in [-0.2, 0) is 4.79 Å². The van der Waals surface area contributed by atoms with Gasteiger partial charge in [-0.1, -0.05) is 87.4 Å². The zero-order valence-electron chi connectivity index (χ0n) is 20.3. The molecule has 5 nitrogen and oxygen atoms in total. The number of hydrogen-bond acceptors (Lipinski definition) is 5. The second kappa shape index (κ2) is 12.2. The fraction of sp³-hybridized carbons (Fsp3) is 0.321. The molecule has 0 aliphatic carbocycles. The fourth-order valence-electron chi connectivity index (χ4n) is 3.85. The van der Waals surface area contributed by atoms with E-state index >= 15 is 0 Å². The van der Waals surface area contributed by atoms with Crippen molar-refractivity contribution in [3.63, 3.8) is 0 Å². The largest absolute Gasteiger partial charge is 0.494 e. The van der Waals surface area contributed by atoms with Gasteiger partial charge >= 0.3 is 0 Å². The minimum atomic E-state index is -0.0221. The number of carbonyl (C=O) groups excluding carboxylic acids is 1. The van der Waals surface area contributed by atoms with Crippen molar-refractivity contribution in [1.82, 2.24) is 14.7 Å². The monoisotopic (exact) mass is 505 g/mol. The first kappa shape index (κ1) is 25.2. The summed E-state index contributed by atoms with van der Waals surface area (Å²) in [7, 11) is 0. The average molecular weight is 506 g/mol. The molecule has 3 aromatic rings. The van der Waals surface area contributed by atoms with Gasteiger partial charge in [-0.25, -0.2) is 4.68 Å². The number of unbranched alkanes of at least 4 members (excludes halogenated alkanes) is 3. The lowest BCUT2D eigenvalue weighted by Gasteiger charge is -2.13. The Labute approximate surface area is 217 Å². The summed E-state index contributed by atoms with van der Waals surface area (Å²) in [4.78, 5) is 15.5. The van der Waals surface area contributed by atoms with Gasteiger partial charge in [-0.05, 0) is 43.2 Å². The van der Waals surface area contributed by atoms with Crippen molar-refractivity contribution in [3.8, 4) is 22.7 Å². The van der Waals surface area contributed by atoms with Crippen LogP contribution in [-0.4, -0.2) is 38.1 Å². The van der Waals surface area contributed by atoms with Crippen LogP contribution < -0.4 is 4.74 Å². The molecule has 0 saturated carbocycles. The first-order valence-electron chi connectivity index (χ1n) is 12.2. The Bertz CT molecular complexity index is 1200. The minimum Gasteiger partial charge on any atom is -0.494 e. The number of carbonyl (C=O) groups is 1. The average Bonchev–Trinajstić information content (AvgIpc) is 3.41. The number of thiocarbonyl (C=S) groups is 1. The summed E-state index contributed by atoms with van der Waals surface area (Å²) in [5.41, 5.74) is 3.56. The molecule has 0 unspecified atom stereocenters. The number of hydrogen-bond donors (Lipinski definition) is 0. The molecule has 0 atom stereocenters. The predicted molar refractivity (Wildman–Crippen MR) is 149 cm³/mol. The Hall–Kier alpha value is -2.90. The maximum Gasteiger partial charge on any atom is 0.266 e. The van der Waals surface area contributed by atoms with E-state index in [1.807, 2.05) is 71.6 Å². The van der Waals surface area contributed by atoms with Gasteiger partial charge in [0.05, 0.1) is 17.2 Å². The minimum absolute atomic E-state index is 0.0221. The molecule has 4 rings (SSSR count). The van der Waals surface area contributed by atoms with Crippen LogP contribution in [0, 0.1) is 0 Å². The maximum atomic E-state index is 13.1. The van der Waals surface area contributed by atoms with E-state index in [2.05, 4.69) is 13.8 Å². The van der Waals surface area contributed by atoms with E-state index < -0.39 is 0 Å². The van der Waals surface area contributed by atoms with Crippen LogP contribution in [0.15, 0.2) is 65.7 Å². The quantitative estimate of drug-likeness (QED) is 0.158. The Kier molecular flexibility index (Phi) is 8.77. The van der Waals surface area contributed by atoms with Crippen molar-refractivity contribution in [3.05, 3.63) is 71.3 Å². The number of rotatable bonds is 11. The number of para-hydroxylation sites is 1. The van der Waals surface area contributed by atoms with Crippen molar-refractivity contribution in [2.45, 2.75) is 46.0 Å². The van der Waals surface area contributed by atoms with Gasteiger partial charge in [-0.3, -0.25) is 9.69 Å². The highest BCUT2D eigenvalue weighted by Gasteiger charge is 2.32. The zero-order chi connectivity index (χ0) is 24.6. The molecule has 0 bridgehead atoms. The molecule has 182 valence electrons. The van der Waals surface area contributed by atoms with Crippen molar-refractivity contribution in [2.75, 3.05) is 13.2 Å². The van der Waals surface area contributed by atoms with Crippen molar-refractivity contribution in [1.29, 1.82) is 0 Å². The smallest absolute Gasteiger partial charge is 0.266 e. The second-order valence-electron chi connectivity index (χ2n) is 8.48. The van der Waals surface area contributed by atoms with Crippen molar-refractivity contribution in [2.24, 2.45) is 0 Å². The van der Waals surface area contributed by atoms with E-state index in [1.165, 1.54) is 11.8 Å². The number of ether oxygens (including phenoxy) is 1. The first-order valence-corrected chi connectivity index (χ1v) is 13.5. The number of thioether (sulfide) groups is 1. The Morgan fingerprint density at radius 3 is 2.60 bits per heavy atom. The van der Waals surface area contributed by atoms with Gasteiger partial charge in [0, 0.05) is 23.9 Å². The lowest BCUT2D eigenvalue weighted by Crippen LogP contribution is -2.28. The maximum absolute atomic E-state index is 13.1. The van der Waals surface area contributed by atoms with Gasteiger partial charge in [-0.2, -0.15) is 5.10 Å². The van der Waals surface area contributed by atoms with Crippen LogP contribution in [0.25, 0.3) is 23.0 Å². The Morgan fingerprint density at radius 1 is 1.03 bits per heavy atom. The van der Waals surface area contributed by atoms with Crippen LogP contribution in [0.1, 0.15) is 51.5 Å². The molecule has 1 aliphatic heterocycles. The molecule has 1 aliphatic rings. The second-order valence-corrected chi connectivity index (χ2v) is 10.2. The highest BCUT2D eigenvalue weighted by Crippen LogP contribution is 2.35. The van der Waals surface area contributed by atoms with E-state index in [-0.39, 0.29) is 5.91 Å². The predicted octanol–water partition coefficient (Wildman–Crippen LogP) is 7.11. The normalized spacial score (nSPS) is 14.8. The van der Waals surface area contributed by atoms with Gasteiger partial charge in [0.25, 0.3) is 5.91 Å². The van der Waals surface area contributed by atoms with Crippen LogP contribution in [0.5, 0.6) is 5.75 Å². The fourth-order valence-corrected chi connectivity index (χ4v) is 5.15. The van der Waals surface area contributed by atoms with Gasteiger partial charge in [0.1, 0.15) is 15.8 Å². The van der Waals surface area contributed by atoms with Crippen LogP contribution in [0.3, 0.4) is 0 Å². The van der Waals surface area contributed by atoms with Gasteiger partial charge < -0.3 is 4.74 Å². The van der Waals surface area contributed by atoms with E-state index in [0.29, 0.717) is 22.4 Å². The highest BCUT2D eigenvalue weighted by atomic mass is 32.2. The first-order chi connectivity index (χ1) is 17.1. The Balaban J connectivity index is 1.69. The molecular weight excluding hydrogens is 474 g/mol. The Morgan fingerprint density at radius 2 is 1.83 bits per heavy atom. The third-order valence-electron chi connectivity index (χ3n) is 5.78. The zero-order valence-corrected chi connectivity index (χ0v) is 21.9. The van der Waals surface area contributed by atoms with Crippen LogP contribution >= 0.6 is 24.0 Å². The van der Waals surface area contributed by atoms with E-state index in [0.717, 1.165) is 60.4 Å². The molecule has 35 heavy (non-hydrogen) atoms. The molecule has 7 heteroatoms. The topological polar surface area (TPSA) is 47.4 Å². The van der Waals surface area contributed by atoms with E-state index in [9.17, 15) is 4.79 Å². The van der Waals surface area contributed by atoms with Crippen LogP contribution in [0.2, 0.25) is 0 Å². The summed E-state index contributed by atoms with van der Waals surface area (Å²) in [5, 5.41) is 4.90. The third kappa shape index (κ3) is 6.21. The molecule has 1 fully saturated rings. The summed E-state index contributed by atoms with van der Waals surface area (Å²) >= 11 is 6.89. The lowest BCUT2D eigenvalue weighted by atomic mass is 10.1. The highest BCUT2D eigenvalue weighted by molar-refractivity contribution is 8.26. The molecule has 0 spiro atoms. The summed E-state index contributed by atoms with van der Waals surface area (Å²) in [6.45, 7) is 5.66. The summed E-state index contributed by atoms with van der Waals surface area (Å²) in [5.74, 6) is 0.796. The number of nitrogens with zero attached hydrogens (tertiary/aromatic N) is 3. The number of aromatic nitrogens is 2. The third-order valence-corrected chi connectivity index (χ3v) is 7.16. The summed E-state index contributed by atoms with van der Waals surface area (Å²) in [6.07, 6.45) is 9.14. The molecule has 2 aromatic carbocycles. The van der Waals surface area contributed by atoms with Gasteiger partial charge in [0.2, 0.25) is 0 Å². The molecule has 1 aromatic heterocycles. The van der Waals surface area contributed by atoms with Gasteiger partial charge in [0.15, 0.2) is 0 Å². The molecular formula is C28H31N3O2S2. The molecule has 0 N–H and O–H groups in total. The van der Waals surface area contributed by atoms with E-state index in [4.69, 9.17) is 22.1 Å². The summed E-state index contributed by atoms with van der Waals surface area (Å²) in [6, 6.07) is 18.0. The van der Waals surface area contributed by atoms with Crippen molar-refractivity contribution < 1.29 is 9.53 Å². The SMILES string of the molecule is CCCCCN1C(=O)C(=Cc2cn(-c3ccccc3)nc2-c2cccc(OCCCC)c2)SC1=S. The molecule has 0 radical (unpaired) electrons. The lowest BCUT2D eigenvalue weighted by molar-refractivity contribution is -0.122. The van der Waals surface area contributed by atoms with Crippen molar-refractivity contribution >= 4 is 40.3 Å². The number of amides is 1. The molecule has 2 heterocycles. The van der Waals surface area contributed by atoms with Crippen LogP contribution in [0.4, 0.5) is 0 Å². The van der Waals surface area contributed by atoms with E-state index in [1.54, 1.807) is 4.90 Å². The summed E-state index contributed by atoms with van der Waals surface area (Å²) < 4.78 is 8.41. The molecule has 1 amide bonds. The van der Waals surface area contributed by atoms with Gasteiger partial charge in [-0.15, -0.1) is 0 Å². The number of benzene rings is 2. The standard InChI is InChI=1S/C28H31N3O2S2/c1-3-5-10-16-30-27(32)25(35-28(30)34)19-22-20-31(23-13-8-7-9-14-23)29-26(22)21-12-11-15-24(18-21)33-17-6-4-2/h7-9,11-15,18-20H,3-6,10,16-17H2,1-2H3.